The molecule has 0 radical (unpaired) electrons. The Morgan fingerprint density at radius 2 is 2.05 bits per heavy atom. The van der Waals surface area contributed by atoms with E-state index in [1.807, 2.05) is 56.3 Å². The van der Waals surface area contributed by atoms with E-state index in [2.05, 4.69) is 16.3 Å². The van der Waals surface area contributed by atoms with E-state index < -0.39 is 0 Å². The normalized spacial score (nSPS) is 23.7. The van der Waals surface area contributed by atoms with Gasteiger partial charge in [-0.25, -0.2) is 0 Å². The average molecular weight is 253 g/mol. The molecular formula is C16H19N3. The summed E-state index contributed by atoms with van der Waals surface area (Å²) in [4.78, 5) is 0. The van der Waals surface area contributed by atoms with Gasteiger partial charge in [-0.1, -0.05) is 48.6 Å². The third-order valence-electron chi connectivity index (χ3n) is 2.97. The molecule has 98 valence electrons. The molecule has 0 amide bonds. The van der Waals surface area contributed by atoms with E-state index in [-0.39, 0.29) is 5.54 Å². The lowest BCUT2D eigenvalue weighted by Gasteiger charge is -2.23. The summed E-state index contributed by atoms with van der Waals surface area (Å²) in [7, 11) is 0. The number of hydrogen-bond donors (Lipinski definition) is 1. The van der Waals surface area contributed by atoms with Crippen LogP contribution in [0.5, 0.6) is 0 Å². The third-order valence-corrected chi connectivity index (χ3v) is 2.97. The maximum Gasteiger partial charge on any atom is 0.0669 e. The lowest BCUT2D eigenvalue weighted by atomic mass is 9.90. The highest BCUT2D eigenvalue weighted by atomic mass is 15.2. The van der Waals surface area contributed by atoms with Gasteiger partial charge in [0.1, 0.15) is 0 Å². The van der Waals surface area contributed by atoms with Gasteiger partial charge in [0.15, 0.2) is 0 Å². The van der Waals surface area contributed by atoms with Crippen LogP contribution in [-0.4, -0.2) is 17.5 Å². The molecule has 2 rings (SSSR count). The molecule has 19 heavy (non-hydrogen) atoms. The Hall–Kier alpha value is -2.00. The van der Waals surface area contributed by atoms with Crippen molar-refractivity contribution in [1.29, 1.82) is 0 Å². The molecule has 0 aliphatic heterocycles. The van der Waals surface area contributed by atoms with Crippen molar-refractivity contribution in [3.63, 3.8) is 0 Å². The van der Waals surface area contributed by atoms with Crippen LogP contribution in [0.3, 0.4) is 0 Å². The van der Waals surface area contributed by atoms with Gasteiger partial charge in [0.2, 0.25) is 0 Å². The molecule has 1 atom stereocenters. The zero-order valence-electron chi connectivity index (χ0n) is 11.4. The van der Waals surface area contributed by atoms with Gasteiger partial charge < -0.3 is 5.73 Å². The molecule has 1 unspecified atom stereocenters. The maximum absolute atomic E-state index is 6.10. The van der Waals surface area contributed by atoms with Crippen molar-refractivity contribution in [3.8, 4) is 0 Å². The lowest BCUT2D eigenvalue weighted by molar-refractivity contribution is 0.587. The van der Waals surface area contributed by atoms with Crippen LogP contribution < -0.4 is 5.73 Å². The van der Waals surface area contributed by atoms with Crippen molar-refractivity contribution >= 4 is 11.9 Å². The van der Waals surface area contributed by atoms with Crippen LogP contribution in [-0.2, 0) is 0 Å². The van der Waals surface area contributed by atoms with E-state index in [1.54, 1.807) is 6.21 Å². The summed E-state index contributed by atoms with van der Waals surface area (Å²) in [5.74, 6) is 0. The molecular weight excluding hydrogens is 234 g/mol. The molecule has 2 N–H and O–H groups in total. The number of nitrogens with two attached hydrogens (primary N) is 1. The van der Waals surface area contributed by atoms with Crippen molar-refractivity contribution in [2.45, 2.75) is 25.8 Å². The highest BCUT2D eigenvalue weighted by molar-refractivity contribution is 6.01. The SMILES string of the molecule is C/C(=N\N=C\c1ccccc1)C1=CC(C)(N)CC=C1. The topological polar surface area (TPSA) is 50.7 Å². The highest BCUT2D eigenvalue weighted by Crippen LogP contribution is 2.19. The van der Waals surface area contributed by atoms with Crippen LogP contribution in [0.25, 0.3) is 0 Å². The molecule has 0 saturated carbocycles. The minimum atomic E-state index is -0.288. The van der Waals surface area contributed by atoms with Crippen molar-refractivity contribution < 1.29 is 0 Å². The highest BCUT2D eigenvalue weighted by Gasteiger charge is 2.18. The second-order valence-electron chi connectivity index (χ2n) is 5.05. The summed E-state index contributed by atoms with van der Waals surface area (Å²) in [6, 6.07) is 9.91. The van der Waals surface area contributed by atoms with Gasteiger partial charge in [-0.2, -0.15) is 10.2 Å². The second-order valence-corrected chi connectivity index (χ2v) is 5.05. The van der Waals surface area contributed by atoms with Crippen molar-refractivity contribution in [2.75, 3.05) is 0 Å². The predicted octanol–water partition coefficient (Wildman–Crippen LogP) is 3.09. The molecule has 1 aromatic carbocycles. The van der Waals surface area contributed by atoms with E-state index in [0.29, 0.717) is 0 Å². The van der Waals surface area contributed by atoms with Crippen LogP contribution in [0.4, 0.5) is 0 Å². The largest absolute Gasteiger partial charge is 0.322 e. The van der Waals surface area contributed by atoms with Gasteiger partial charge in [-0.05, 0) is 31.4 Å². The van der Waals surface area contributed by atoms with Crippen molar-refractivity contribution in [1.82, 2.24) is 0 Å². The maximum atomic E-state index is 6.10. The zero-order valence-corrected chi connectivity index (χ0v) is 11.4. The summed E-state index contributed by atoms with van der Waals surface area (Å²) >= 11 is 0. The molecule has 0 aromatic heterocycles. The fraction of sp³-hybridized carbons (Fsp3) is 0.250. The first-order valence-electron chi connectivity index (χ1n) is 6.38. The minimum absolute atomic E-state index is 0.288. The minimum Gasteiger partial charge on any atom is -0.322 e. The molecule has 0 fully saturated rings. The quantitative estimate of drug-likeness (QED) is 0.653. The molecule has 0 bridgehead atoms. The van der Waals surface area contributed by atoms with Crippen LogP contribution in [0.2, 0.25) is 0 Å². The van der Waals surface area contributed by atoms with Gasteiger partial charge in [0.25, 0.3) is 0 Å². The van der Waals surface area contributed by atoms with Crippen LogP contribution >= 0.6 is 0 Å². The Balaban J connectivity index is 2.10. The van der Waals surface area contributed by atoms with Crippen molar-refractivity contribution in [3.05, 3.63) is 59.7 Å². The molecule has 1 aliphatic carbocycles. The first-order chi connectivity index (χ1) is 9.07. The monoisotopic (exact) mass is 253 g/mol. The number of benzene rings is 1. The molecule has 0 saturated heterocycles. The number of rotatable bonds is 3. The van der Waals surface area contributed by atoms with Gasteiger partial charge in [0.05, 0.1) is 11.9 Å². The summed E-state index contributed by atoms with van der Waals surface area (Å²) < 4.78 is 0. The summed E-state index contributed by atoms with van der Waals surface area (Å²) in [6.07, 6.45) is 8.78. The van der Waals surface area contributed by atoms with Gasteiger partial charge >= 0.3 is 0 Å². The van der Waals surface area contributed by atoms with Crippen LogP contribution in [0.1, 0.15) is 25.8 Å². The molecule has 1 aliphatic rings. The number of nitrogens with zero attached hydrogens (tertiary/aromatic N) is 2. The Labute approximate surface area is 114 Å². The van der Waals surface area contributed by atoms with E-state index in [0.717, 1.165) is 23.3 Å². The van der Waals surface area contributed by atoms with E-state index in [9.17, 15) is 0 Å². The first-order valence-corrected chi connectivity index (χ1v) is 6.38. The Morgan fingerprint density at radius 1 is 1.32 bits per heavy atom. The van der Waals surface area contributed by atoms with Crippen molar-refractivity contribution in [2.24, 2.45) is 15.9 Å². The third kappa shape index (κ3) is 4.00. The Bertz CT molecular complexity index is 549. The Kier molecular flexibility index (Phi) is 4.07. The predicted molar refractivity (Wildman–Crippen MR) is 81.6 cm³/mol. The lowest BCUT2D eigenvalue weighted by Crippen LogP contribution is -2.35. The molecule has 1 aromatic rings. The molecule has 0 spiro atoms. The number of allylic oxidation sites excluding steroid dienone is 2. The first kappa shape index (κ1) is 13.4. The molecule has 3 heteroatoms. The summed E-state index contributed by atoms with van der Waals surface area (Å²) in [5, 5.41) is 8.33. The average Bonchev–Trinajstić information content (AvgIpc) is 2.38. The standard InChI is InChI=1S/C16H19N3/c1-13(15-9-6-10-16(2,17)11-15)19-18-12-14-7-4-3-5-8-14/h3-9,11-12H,10,17H2,1-2H3/b18-12+,19-13+. The van der Waals surface area contributed by atoms with Crippen LogP contribution in [0, 0.1) is 0 Å². The van der Waals surface area contributed by atoms with Crippen LogP contribution in [0.15, 0.2) is 64.3 Å². The van der Waals surface area contributed by atoms with E-state index in [1.165, 1.54) is 0 Å². The fourth-order valence-corrected chi connectivity index (χ4v) is 1.91. The van der Waals surface area contributed by atoms with Gasteiger partial charge in [0, 0.05) is 5.54 Å². The second kappa shape index (κ2) is 5.76. The summed E-state index contributed by atoms with van der Waals surface area (Å²) in [6.45, 7) is 3.96. The smallest absolute Gasteiger partial charge is 0.0669 e. The van der Waals surface area contributed by atoms with Gasteiger partial charge in [-0.3, -0.25) is 0 Å². The Morgan fingerprint density at radius 3 is 2.74 bits per heavy atom. The fourth-order valence-electron chi connectivity index (χ4n) is 1.91. The van der Waals surface area contributed by atoms with E-state index in [4.69, 9.17) is 5.73 Å². The molecule has 3 nitrogen and oxygen atoms in total. The molecule has 0 heterocycles. The number of hydrogen-bond acceptors (Lipinski definition) is 3. The van der Waals surface area contributed by atoms with E-state index >= 15 is 0 Å². The van der Waals surface area contributed by atoms with Gasteiger partial charge in [-0.15, -0.1) is 0 Å². The zero-order chi connectivity index (χ0) is 13.7. The summed E-state index contributed by atoms with van der Waals surface area (Å²) in [5.41, 5.74) is 8.77.